The third kappa shape index (κ3) is 2.72. The number of anilines is 1. The molecular formula is C4H4N3OY-. The number of hydrogen-bond donors (Lipinski definition) is 2. The van der Waals surface area contributed by atoms with Crippen molar-refractivity contribution >= 4 is 5.82 Å². The fourth-order valence-corrected chi connectivity index (χ4v) is 0.346. The number of aromatic amines is 1. The van der Waals surface area contributed by atoms with Crippen molar-refractivity contribution in [2.45, 2.75) is 0 Å². The van der Waals surface area contributed by atoms with Crippen LogP contribution in [0.25, 0.3) is 0 Å². The second-order valence-electron chi connectivity index (χ2n) is 1.24. The van der Waals surface area contributed by atoms with Gasteiger partial charge in [0.1, 0.15) is 0 Å². The molecule has 0 saturated carbocycles. The number of H-pyrrole nitrogens is 1. The van der Waals surface area contributed by atoms with E-state index in [9.17, 15) is 4.79 Å². The largest absolute Gasteiger partial charge is 0.413 e. The molecule has 45 valence electrons. The zero-order valence-electron chi connectivity index (χ0n) is 4.59. The van der Waals surface area contributed by atoms with E-state index in [0.29, 0.717) is 0 Å². The van der Waals surface area contributed by atoms with E-state index in [-0.39, 0.29) is 38.5 Å². The minimum absolute atomic E-state index is 0. The summed E-state index contributed by atoms with van der Waals surface area (Å²) >= 11 is 0. The van der Waals surface area contributed by atoms with Crippen molar-refractivity contribution in [1.29, 1.82) is 0 Å². The van der Waals surface area contributed by atoms with Crippen molar-refractivity contribution < 1.29 is 32.7 Å². The van der Waals surface area contributed by atoms with Gasteiger partial charge in [0.15, 0.2) is 0 Å². The average Bonchev–Trinajstić information content (AvgIpc) is 1.64. The summed E-state index contributed by atoms with van der Waals surface area (Å²) in [5, 5.41) is 0. The number of hydrogen-bond acceptors (Lipinski definition) is 3. The summed E-state index contributed by atoms with van der Waals surface area (Å²) in [7, 11) is 0. The van der Waals surface area contributed by atoms with Gasteiger partial charge in [-0.15, -0.1) is 0 Å². The molecule has 0 bridgehead atoms. The van der Waals surface area contributed by atoms with Crippen molar-refractivity contribution in [3.8, 4) is 0 Å². The summed E-state index contributed by atoms with van der Waals surface area (Å²) in [6.07, 6.45) is 1.32. The number of nitrogens with zero attached hydrogens (tertiary/aromatic N) is 1. The first-order chi connectivity index (χ1) is 3.79. The van der Waals surface area contributed by atoms with Crippen LogP contribution in [-0.2, 0) is 32.7 Å². The molecule has 1 heterocycles. The van der Waals surface area contributed by atoms with Gasteiger partial charge in [-0.1, -0.05) is 5.82 Å². The van der Waals surface area contributed by atoms with E-state index < -0.39 is 5.69 Å². The predicted octanol–water partition coefficient (Wildman–Crippen LogP) is -0.850. The number of aromatic nitrogens is 2. The Hall–Kier alpha value is -0.216. The van der Waals surface area contributed by atoms with E-state index in [1.165, 1.54) is 6.20 Å². The molecule has 5 heteroatoms. The summed E-state index contributed by atoms with van der Waals surface area (Å²) < 4.78 is 0. The van der Waals surface area contributed by atoms with Crippen molar-refractivity contribution in [2.24, 2.45) is 0 Å². The van der Waals surface area contributed by atoms with Gasteiger partial charge in [0.2, 0.25) is 0 Å². The maximum absolute atomic E-state index is 10.2. The molecule has 0 spiro atoms. The fraction of sp³-hybridized carbons (Fsp3) is 0. The molecule has 0 fully saturated rings. The third-order valence-electron chi connectivity index (χ3n) is 0.638. The molecule has 1 rings (SSSR count). The maximum atomic E-state index is 10.2. The molecule has 9 heavy (non-hydrogen) atoms. The standard InChI is InChI=1S/C4H4N3O.Y/c5-3-1-2-6-4(8)7-3;/h2H,(H3,5,6,7,8);/q-1;. The van der Waals surface area contributed by atoms with Crippen LogP contribution in [0.2, 0.25) is 0 Å². The van der Waals surface area contributed by atoms with Gasteiger partial charge in [0.25, 0.3) is 0 Å². The molecule has 1 aromatic heterocycles. The van der Waals surface area contributed by atoms with E-state index in [0.717, 1.165) is 0 Å². The molecule has 0 saturated heterocycles. The van der Waals surface area contributed by atoms with Crippen LogP contribution in [0.15, 0.2) is 11.0 Å². The number of rotatable bonds is 0. The summed E-state index contributed by atoms with van der Waals surface area (Å²) in [6, 6.07) is 2.48. The summed E-state index contributed by atoms with van der Waals surface area (Å²) in [5.74, 6) is 0.119. The Balaban J connectivity index is 0.000000640. The van der Waals surface area contributed by atoms with E-state index in [4.69, 9.17) is 5.73 Å². The van der Waals surface area contributed by atoms with Gasteiger partial charge >= 0.3 is 5.69 Å². The quantitative estimate of drug-likeness (QED) is 0.534. The van der Waals surface area contributed by atoms with E-state index in [2.05, 4.69) is 16.0 Å². The Bertz CT molecular complexity index is 233. The van der Waals surface area contributed by atoms with Gasteiger partial charge in [0, 0.05) is 32.7 Å². The van der Waals surface area contributed by atoms with Crippen LogP contribution in [0.5, 0.6) is 0 Å². The average molecular weight is 199 g/mol. The van der Waals surface area contributed by atoms with Crippen LogP contribution < -0.4 is 11.4 Å². The van der Waals surface area contributed by atoms with Gasteiger partial charge in [-0.25, -0.2) is 9.78 Å². The minimum Gasteiger partial charge on any atom is -0.413 e. The smallest absolute Gasteiger partial charge is 0.341 e. The zero-order valence-corrected chi connectivity index (χ0v) is 7.43. The van der Waals surface area contributed by atoms with Gasteiger partial charge < -0.3 is 16.8 Å². The Morgan fingerprint density at radius 2 is 2.44 bits per heavy atom. The number of nitrogens with two attached hydrogens (primary N) is 1. The van der Waals surface area contributed by atoms with Crippen LogP contribution in [0.4, 0.5) is 5.82 Å². The number of nitrogens with one attached hydrogen (secondary N) is 1. The van der Waals surface area contributed by atoms with Crippen LogP contribution in [-0.4, -0.2) is 9.97 Å². The van der Waals surface area contributed by atoms with Gasteiger partial charge in [-0.05, 0) is 0 Å². The van der Waals surface area contributed by atoms with Crippen molar-refractivity contribution in [3.63, 3.8) is 0 Å². The van der Waals surface area contributed by atoms with Crippen LogP contribution in [0.3, 0.4) is 0 Å². The second kappa shape index (κ2) is 3.74. The molecule has 0 aromatic carbocycles. The molecule has 4 nitrogen and oxygen atoms in total. The normalized spacial score (nSPS) is 8.00. The Morgan fingerprint density at radius 1 is 1.78 bits per heavy atom. The van der Waals surface area contributed by atoms with E-state index in [1.807, 2.05) is 0 Å². The molecule has 0 aliphatic heterocycles. The first kappa shape index (κ1) is 8.78. The maximum Gasteiger partial charge on any atom is 0.341 e. The Morgan fingerprint density at radius 3 is 2.78 bits per heavy atom. The van der Waals surface area contributed by atoms with E-state index in [1.54, 1.807) is 0 Å². The van der Waals surface area contributed by atoms with Crippen molar-refractivity contribution in [3.05, 3.63) is 22.7 Å². The molecule has 0 aliphatic carbocycles. The van der Waals surface area contributed by atoms with Crippen LogP contribution >= 0.6 is 0 Å². The summed E-state index contributed by atoms with van der Waals surface area (Å²) in [5.41, 5.74) is 4.63. The molecule has 0 aliphatic rings. The van der Waals surface area contributed by atoms with Crippen LogP contribution in [0.1, 0.15) is 0 Å². The SMILES string of the molecule is Nc1[c-]c[nH]c(=O)n1.[Y]. The first-order valence-electron chi connectivity index (χ1n) is 2.02. The minimum atomic E-state index is -0.443. The predicted molar refractivity (Wildman–Crippen MR) is 28.1 cm³/mol. The van der Waals surface area contributed by atoms with E-state index >= 15 is 0 Å². The fourth-order valence-electron chi connectivity index (χ4n) is 0.346. The molecule has 0 unspecified atom stereocenters. The molecule has 1 radical (unpaired) electrons. The molecule has 3 N–H and O–H groups in total. The monoisotopic (exact) mass is 199 g/mol. The van der Waals surface area contributed by atoms with Gasteiger partial charge in [-0.3, -0.25) is 0 Å². The summed E-state index contributed by atoms with van der Waals surface area (Å²) in [6.45, 7) is 0. The van der Waals surface area contributed by atoms with Crippen molar-refractivity contribution in [1.82, 2.24) is 9.97 Å². The Kier molecular flexibility index (Phi) is 3.65. The molecule has 0 amide bonds. The van der Waals surface area contributed by atoms with Gasteiger partial charge in [-0.2, -0.15) is 6.20 Å². The second-order valence-corrected chi connectivity index (χ2v) is 1.24. The Labute approximate surface area is 76.8 Å². The van der Waals surface area contributed by atoms with Gasteiger partial charge in [0.05, 0.1) is 0 Å². The number of nitrogen functional groups attached to an aromatic ring is 1. The van der Waals surface area contributed by atoms with Crippen molar-refractivity contribution in [2.75, 3.05) is 5.73 Å². The first-order valence-corrected chi connectivity index (χ1v) is 2.02. The molecular weight excluding hydrogens is 195 g/mol. The molecule has 1 aromatic rings. The zero-order chi connectivity index (χ0) is 5.98. The summed E-state index contributed by atoms with van der Waals surface area (Å²) in [4.78, 5) is 15.8. The topological polar surface area (TPSA) is 71.8 Å². The third-order valence-corrected chi connectivity index (χ3v) is 0.638. The molecule has 0 atom stereocenters. The van der Waals surface area contributed by atoms with Crippen LogP contribution in [0, 0.1) is 6.07 Å².